The van der Waals surface area contributed by atoms with Gasteiger partial charge in [0.2, 0.25) is 5.91 Å². The lowest BCUT2D eigenvalue weighted by Gasteiger charge is -2.20. The fraction of sp³-hybridized carbons (Fsp3) is 0.346. The largest absolute Gasteiger partial charge is 0.343 e. The zero-order chi connectivity index (χ0) is 22.5. The lowest BCUT2D eigenvalue weighted by atomic mass is 10.1. The Bertz CT molecular complexity index is 1110. The highest BCUT2D eigenvalue weighted by Gasteiger charge is 2.24. The molecule has 0 aliphatic carbocycles. The third-order valence-electron chi connectivity index (χ3n) is 6.15. The average molecular weight is 432 g/mol. The molecule has 1 N–H and O–H groups in total. The summed E-state index contributed by atoms with van der Waals surface area (Å²) in [7, 11) is 0. The van der Waals surface area contributed by atoms with Crippen LogP contribution in [-0.4, -0.2) is 40.2 Å². The van der Waals surface area contributed by atoms with Gasteiger partial charge < -0.3 is 14.8 Å². The second-order valence-corrected chi connectivity index (χ2v) is 8.42. The van der Waals surface area contributed by atoms with Crippen LogP contribution in [0.4, 0.5) is 0 Å². The summed E-state index contributed by atoms with van der Waals surface area (Å²) in [6.45, 7) is 3.58. The fourth-order valence-corrected chi connectivity index (χ4v) is 4.33. The Hall–Kier alpha value is -3.41. The highest BCUT2D eigenvalue weighted by atomic mass is 16.2. The highest BCUT2D eigenvalue weighted by molar-refractivity contribution is 6.45. The predicted molar refractivity (Wildman–Crippen MR) is 124 cm³/mol. The van der Waals surface area contributed by atoms with Gasteiger partial charge in [0.05, 0.1) is 11.6 Å². The van der Waals surface area contributed by atoms with Crippen molar-refractivity contribution in [2.45, 2.75) is 45.2 Å². The molecule has 4 rings (SSSR count). The summed E-state index contributed by atoms with van der Waals surface area (Å²) in [5.41, 5.74) is 2.03. The van der Waals surface area contributed by atoms with Crippen LogP contribution in [0.15, 0.2) is 60.8 Å². The van der Waals surface area contributed by atoms with Gasteiger partial charge in [0, 0.05) is 30.2 Å². The van der Waals surface area contributed by atoms with Gasteiger partial charge in [0.1, 0.15) is 6.54 Å². The molecular weight excluding hydrogens is 402 g/mol. The molecular formula is C26H29N3O3. The molecule has 6 nitrogen and oxygen atoms in total. The van der Waals surface area contributed by atoms with Gasteiger partial charge in [-0.15, -0.1) is 0 Å². The summed E-state index contributed by atoms with van der Waals surface area (Å²) in [4.78, 5) is 40.6. The minimum absolute atomic E-state index is 0.0498. The highest BCUT2D eigenvalue weighted by Crippen LogP contribution is 2.23. The second kappa shape index (κ2) is 9.81. The number of carbonyl (C=O) groups excluding carboxylic acids is 3. The zero-order valence-electron chi connectivity index (χ0n) is 18.4. The van der Waals surface area contributed by atoms with Crippen LogP contribution in [0.5, 0.6) is 0 Å². The molecule has 1 aliphatic heterocycles. The fourth-order valence-electron chi connectivity index (χ4n) is 4.33. The smallest absolute Gasteiger partial charge is 0.292 e. The third kappa shape index (κ3) is 4.74. The molecule has 3 aromatic rings. The van der Waals surface area contributed by atoms with E-state index in [4.69, 9.17) is 0 Å². The number of carbonyl (C=O) groups is 3. The van der Waals surface area contributed by atoms with Gasteiger partial charge in [-0.3, -0.25) is 14.4 Å². The van der Waals surface area contributed by atoms with Crippen molar-refractivity contribution >= 4 is 28.5 Å². The normalized spacial score (nSPS) is 15.2. The Labute approximate surface area is 188 Å². The first-order valence-corrected chi connectivity index (χ1v) is 11.3. The maximum atomic E-state index is 13.1. The first-order valence-electron chi connectivity index (χ1n) is 11.3. The van der Waals surface area contributed by atoms with Crippen LogP contribution < -0.4 is 5.32 Å². The summed E-state index contributed by atoms with van der Waals surface area (Å²) < 4.78 is 1.80. The van der Waals surface area contributed by atoms with E-state index in [-0.39, 0.29) is 18.5 Å². The van der Waals surface area contributed by atoms with Crippen LogP contribution in [0.3, 0.4) is 0 Å². The van der Waals surface area contributed by atoms with Crippen molar-refractivity contribution < 1.29 is 14.4 Å². The number of amides is 2. The van der Waals surface area contributed by atoms with E-state index < -0.39 is 11.7 Å². The van der Waals surface area contributed by atoms with Crippen LogP contribution in [0.25, 0.3) is 10.9 Å². The number of hydrogen-bond donors (Lipinski definition) is 1. The van der Waals surface area contributed by atoms with Crippen LogP contribution in [-0.2, 0) is 16.1 Å². The van der Waals surface area contributed by atoms with Crippen molar-refractivity contribution in [3.05, 3.63) is 71.9 Å². The van der Waals surface area contributed by atoms with Crippen molar-refractivity contribution in [1.82, 2.24) is 14.8 Å². The number of benzene rings is 2. The Kier molecular flexibility index (Phi) is 6.69. The SMILES string of the molecule is C[C@@H](NC(=O)C(=O)c1cn(CC(=O)N2CCCCCC2)c2ccccc12)c1ccccc1. The third-order valence-corrected chi connectivity index (χ3v) is 6.15. The average Bonchev–Trinajstić information content (AvgIpc) is 2.98. The molecule has 6 heteroatoms. The molecule has 2 amide bonds. The molecule has 0 bridgehead atoms. The van der Waals surface area contributed by atoms with E-state index in [9.17, 15) is 14.4 Å². The van der Waals surface area contributed by atoms with E-state index in [1.54, 1.807) is 10.8 Å². The number of Topliss-reactive ketones (excluding diaryl/α,β-unsaturated/α-hetero) is 1. The predicted octanol–water partition coefficient (Wildman–Crippen LogP) is 4.10. The Morgan fingerprint density at radius 2 is 1.56 bits per heavy atom. The van der Waals surface area contributed by atoms with Gasteiger partial charge in [0.25, 0.3) is 11.7 Å². The number of nitrogens with one attached hydrogen (secondary N) is 1. The summed E-state index contributed by atoms with van der Waals surface area (Å²) in [6.07, 6.45) is 6.02. The molecule has 32 heavy (non-hydrogen) atoms. The molecule has 166 valence electrons. The number of rotatable bonds is 6. The summed E-state index contributed by atoms with van der Waals surface area (Å²) in [5, 5.41) is 3.48. The van der Waals surface area contributed by atoms with Crippen LogP contribution in [0, 0.1) is 0 Å². The van der Waals surface area contributed by atoms with Crippen molar-refractivity contribution in [3.63, 3.8) is 0 Å². The van der Waals surface area contributed by atoms with Crippen molar-refractivity contribution in [3.8, 4) is 0 Å². The zero-order valence-corrected chi connectivity index (χ0v) is 18.4. The van der Waals surface area contributed by atoms with Crippen molar-refractivity contribution in [1.29, 1.82) is 0 Å². The summed E-state index contributed by atoms with van der Waals surface area (Å²) in [6, 6.07) is 16.7. The lowest BCUT2D eigenvalue weighted by Crippen LogP contribution is -2.34. The van der Waals surface area contributed by atoms with E-state index >= 15 is 0 Å². The van der Waals surface area contributed by atoms with Gasteiger partial charge >= 0.3 is 0 Å². The maximum Gasteiger partial charge on any atom is 0.292 e. The molecule has 2 heterocycles. The van der Waals surface area contributed by atoms with E-state index in [1.165, 1.54) is 0 Å². The monoisotopic (exact) mass is 431 g/mol. The summed E-state index contributed by atoms with van der Waals surface area (Å²) in [5.74, 6) is -1.19. The minimum Gasteiger partial charge on any atom is -0.343 e. The van der Waals surface area contributed by atoms with Crippen molar-refractivity contribution in [2.24, 2.45) is 0 Å². The molecule has 1 aromatic heterocycles. The molecule has 1 fully saturated rings. The number of para-hydroxylation sites is 1. The number of nitrogens with zero attached hydrogens (tertiary/aromatic N) is 2. The quantitative estimate of drug-likeness (QED) is 0.472. The number of fused-ring (bicyclic) bond motifs is 1. The molecule has 1 aliphatic rings. The van der Waals surface area contributed by atoms with E-state index in [1.807, 2.05) is 66.4 Å². The molecule has 0 unspecified atom stereocenters. The van der Waals surface area contributed by atoms with Gasteiger partial charge in [0.15, 0.2) is 0 Å². The number of ketones is 1. The molecule has 1 atom stereocenters. The van der Waals surface area contributed by atoms with Gasteiger partial charge in [-0.25, -0.2) is 0 Å². The van der Waals surface area contributed by atoms with Crippen LogP contribution in [0.2, 0.25) is 0 Å². The van der Waals surface area contributed by atoms with Crippen LogP contribution in [0.1, 0.15) is 54.6 Å². The number of hydrogen-bond acceptors (Lipinski definition) is 3. The van der Waals surface area contributed by atoms with E-state index in [2.05, 4.69) is 5.32 Å². The van der Waals surface area contributed by atoms with Gasteiger partial charge in [-0.2, -0.15) is 0 Å². The number of likely N-dealkylation sites (tertiary alicyclic amines) is 1. The van der Waals surface area contributed by atoms with Gasteiger partial charge in [-0.05, 0) is 31.4 Å². The molecule has 0 radical (unpaired) electrons. The molecule has 2 aromatic carbocycles. The molecule has 0 spiro atoms. The number of aromatic nitrogens is 1. The standard InChI is InChI=1S/C26H29N3O3/c1-19(20-11-5-4-6-12-20)27-26(32)25(31)22-17-29(23-14-8-7-13-21(22)23)18-24(30)28-15-9-2-3-10-16-28/h4-8,11-14,17,19H,2-3,9-10,15-16,18H2,1H3,(H,27,32)/t19-/m1/s1. The Morgan fingerprint density at radius 3 is 2.28 bits per heavy atom. The molecule has 0 saturated carbocycles. The van der Waals surface area contributed by atoms with Crippen molar-refractivity contribution in [2.75, 3.05) is 13.1 Å². The minimum atomic E-state index is -0.650. The topological polar surface area (TPSA) is 71.4 Å². The second-order valence-electron chi connectivity index (χ2n) is 8.42. The van der Waals surface area contributed by atoms with Crippen LogP contribution >= 0.6 is 0 Å². The lowest BCUT2D eigenvalue weighted by molar-refractivity contribution is -0.131. The Balaban J connectivity index is 1.54. The molecule has 1 saturated heterocycles. The maximum absolute atomic E-state index is 13.1. The van der Waals surface area contributed by atoms with E-state index in [0.29, 0.717) is 10.9 Å². The Morgan fingerprint density at radius 1 is 0.906 bits per heavy atom. The van der Waals surface area contributed by atoms with Gasteiger partial charge in [-0.1, -0.05) is 61.4 Å². The first kappa shape index (κ1) is 21.8. The van der Waals surface area contributed by atoms with E-state index in [0.717, 1.165) is 49.9 Å². The first-order chi connectivity index (χ1) is 15.5. The summed E-state index contributed by atoms with van der Waals surface area (Å²) >= 11 is 0.